The number of nitrogens with one attached hydrogen (secondary N) is 1. The standard InChI is InChI=1S/C23H22ClN3O/c24-21-7-3-4-17(12-21)8-10-26-23(28)20-13-22(15-25-14-20)27-11-9-18-5-1-2-6-19(18)16-27/h1-7,12-15H,8-11,16H2,(H,26,28). The highest BCUT2D eigenvalue weighted by molar-refractivity contribution is 6.30. The van der Waals surface area contributed by atoms with Crippen molar-refractivity contribution in [1.29, 1.82) is 0 Å². The van der Waals surface area contributed by atoms with E-state index in [1.54, 1.807) is 6.20 Å². The number of hydrogen-bond donors (Lipinski definition) is 1. The molecule has 1 aliphatic heterocycles. The van der Waals surface area contributed by atoms with Crippen molar-refractivity contribution in [2.75, 3.05) is 18.0 Å². The number of hydrogen-bond acceptors (Lipinski definition) is 3. The van der Waals surface area contributed by atoms with Gasteiger partial charge in [-0.25, -0.2) is 0 Å². The number of benzene rings is 2. The molecule has 3 aromatic rings. The second-order valence-electron chi connectivity index (χ2n) is 7.01. The predicted molar refractivity (Wildman–Crippen MR) is 113 cm³/mol. The lowest BCUT2D eigenvalue weighted by molar-refractivity contribution is 0.0954. The zero-order valence-electron chi connectivity index (χ0n) is 15.6. The van der Waals surface area contributed by atoms with Crippen LogP contribution in [0.5, 0.6) is 0 Å². The third-order valence-corrected chi connectivity index (χ3v) is 5.31. The van der Waals surface area contributed by atoms with E-state index in [0.717, 1.165) is 37.2 Å². The molecule has 1 N–H and O–H groups in total. The first kappa shape index (κ1) is 18.5. The average Bonchev–Trinajstić information content (AvgIpc) is 2.73. The van der Waals surface area contributed by atoms with Crippen molar-refractivity contribution in [3.05, 3.63) is 94.3 Å². The van der Waals surface area contributed by atoms with Crippen LogP contribution in [0, 0.1) is 0 Å². The van der Waals surface area contributed by atoms with Crippen LogP contribution in [0.25, 0.3) is 0 Å². The zero-order chi connectivity index (χ0) is 19.3. The van der Waals surface area contributed by atoms with E-state index >= 15 is 0 Å². The lowest BCUT2D eigenvalue weighted by Gasteiger charge is -2.30. The maximum Gasteiger partial charge on any atom is 0.252 e. The number of nitrogens with zero attached hydrogens (tertiary/aromatic N) is 2. The molecule has 0 atom stereocenters. The van der Waals surface area contributed by atoms with E-state index < -0.39 is 0 Å². The van der Waals surface area contributed by atoms with Crippen molar-refractivity contribution in [3.63, 3.8) is 0 Å². The van der Waals surface area contributed by atoms with Gasteiger partial charge in [-0.2, -0.15) is 0 Å². The first-order chi connectivity index (χ1) is 13.7. The van der Waals surface area contributed by atoms with Gasteiger partial charge in [0.15, 0.2) is 0 Å². The molecule has 142 valence electrons. The summed E-state index contributed by atoms with van der Waals surface area (Å²) >= 11 is 6.00. The molecule has 0 aliphatic carbocycles. The molecule has 1 amide bonds. The second-order valence-corrected chi connectivity index (χ2v) is 7.44. The van der Waals surface area contributed by atoms with Gasteiger partial charge in [-0.15, -0.1) is 0 Å². The smallest absolute Gasteiger partial charge is 0.252 e. The fraction of sp³-hybridized carbons (Fsp3) is 0.217. The van der Waals surface area contributed by atoms with E-state index in [-0.39, 0.29) is 5.91 Å². The molecule has 1 aliphatic rings. The van der Waals surface area contributed by atoms with Crippen LogP contribution in [0.1, 0.15) is 27.0 Å². The van der Waals surface area contributed by atoms with Gasteiger partial charge in [0.1, 0.15) is 0 Å². The Balaban J connectivity index is 1.39. The average molecular weight is 392 g/mol. The van der Waals surface area contributed by atoms with Crippen LogP contribution in [0.3, 0.4) is 0 Å². The van der Waals surface area contributed by atoms with Crippen LogP contribution in [0.4, 0.5) is 5.69 Å². The SMILES string of the molecule is O=C(NCCc1cccc(Cl)c1)c1cncc(N2CCc3ccccc3C2)c1. The largest absolute Gasteiger partial charge is 0.366 e. The maximum absolute atomic E-state index is 12.5. The van der Waals surface area contributed by atoms with E-state index in [1.807, 2.05) is 36.5 Å². The number of fused-ring (bicyclic) bond motifs is 1. The van der Waals surface area contributed by atoms with Crippen LogP contribution in [0.2, 0.25) is 5.02 Å². The predicted octanol–water partition coefficient (Wildman–Crippen LogP) is 4.27. The minimum absolute atomic E-state index is 0.103. The highest BCUT2D eigenvalue weighted by atomic mass is 35.5. The molecule has 4 nitrogen and oxygen atoms in total. The Labute approximate surface area is 170 Å². The van der Waals surface area contributed by atoms with Gasteiger partial charge in [-0.1, -0.05) is 48.0 Å². The molecule has 0 spiro atoms. The zero-order valence-corrected chi connectivity index (χ0v) is 16.3. The third kappa shape index (κ3) is 4.34. The molecule has 0 saturated carbocycles. The molecule has 2 aromatic carbocycles. The fourth-order valence-corrected chi connectivity index (χ4v) is 3.77. The quantitative estimate of drug-likeness (QED) is 0.706. The van der Waals surface area contributed by atoms with E-state index in [1.165, 1.54) is 11.1 Å². The number of amides is 1. The fourth-order valence-electron chi connectivity index (χ4n) is 3.56. The molecule has 2 heterocycles. The number of anilines is 1. The first-order valence-corrected chi connectivity index (χ1v) is 9.86. The Bertz CT molecular complexity index is 989. The lowest BCUT2D eigenvalue weighted by Crippen LogP contribution is -2.31. The van der Waals surface area contributed by atoms with Gasteiger partial charge in [-0.3, -0.25) is 9.78 Å². The molecule has 5 heteroatoms. The van der Waals surface area contributed by atoms with Gasteiger partial charge in [0.05, 0.1) is 17.4 Å². The highest BCUT2D eigenvalue weighted by Crippen LogP contribution is 2.24. The Morgan fingerprint density at radius 1 is 1.07 bits per heavy atom. The molecular formula is C23H22ClN3O. The van der Waals surface area contributed by atoms with E-state index in [0.29, 0.717) is 17.1 Å². The summed E-state index contributed by atoms with van der Waals surface area (Å²) in [6.07, 6.45) is 5.20. The summed E-state index contributed by atoms with van der Waals surface area (Å²) in [5.41, 5.74) is 5.41. The van der Waals surface area contributed by atoms with E-state index in [2.05, 4.69) is 39.5 Å². The van der Waals surface area contributed by atoms with Gasteiger partial charge in [0.25, 0.3) is 5.91 Å². The molecule has 0 radical (unpaired) electrons. The van der Waals surface area contributed by atoms with Crippen molar-refractivity contribution in [1.82, 2.24) is 10.3 Å². The highest BCUT2D eigenvalue weighted by Gasteiger charge is 2.17. The maximum atomic E-state index is 12.5. The first-order valence-electron chi connectivity index (χ1n) is 9.48. The van der Waals surface area contributed by atoms with Crippen molar-refractivity contribution in [3.8, 4) is 0 Å². The van der Waals surface area contributed by atoms with Crippen molar-refractivity contribution >= 4 is 23.2 Å². The minimum atomic E-state index is -0.103. The molecule has 0 saturated heterocycles. The van der Waals surface area contributed by atoms with Crippen molar-refractivity contribution in [2.45, 2.75) is 19.4 Å². The number of aromatic nitrogens is 1. The monoisotopic (exact) mass is 391 g/mol. The summed E-state index contributed by atoms with van der Waals surface area (Å²) in [7, 11) is 0. The molecule has 4 rings (SSSR count). The molecule has 1 aromatic heterocycles. The Hall–Kier alpha value is -2.85. The van der Waals surface area contributed by atoms with Gasteiger partial charge in [-0.05, 0) is 47.7 Å². The van der Waals surface area contributed by atoms with Gasteiger partial charge in [0, 0.05) is 30.9 Å². The van der Waals surface area contributed by atoms with E-state index in [4.69, 9.17) is 11.6 Å². The van der Waals surface area contributed by atoms with Gasteiger partial charge >= 0.3 is 0 Å². The van der Waals surface area contributed by atoms with Crippen LogP contribution < -0.4 is 10.2 Å². The minimum Gasteiger partial charge on any atom is -0.366 e. The lowest BCUT2D eigenvalue weighted by atomic mass is 9.99. The topological polar surface area (TPSA) is 45.2 Å². The Morgan fingerprint density at radius 3 is 2.79 bits per heavy atom. The number of halogens is 1. The summed E-state index contributed by atoms with van der Waals surface area (Å²) in [6.45, 7) is 2.33. The second kappa shape index (κ2) is 8.44. The number of rotatable bonds is 5. The molecule has 0 fully saturated rings. The molecule has 28 heavy (non-hydrogen) atoms. The Morgan fingerprint density at radius 2 is 1.93 bits per heavy atom. The van der Waals surface area contributed by atoms with Gasteiger partial charge < -0.3 is 10.2 Å². The van der Waals surface area contributed by atoms with Crippen molar-refractivity contribution in [2.24, 2.45) is 0 Å². The van der Waals surface area contributed by atoms with E-state index in [9.17, 15) is 4.79 Å². The summed E-state index contributed by atoms with van der Waals surface area (Å²) < 4.78 is 0. The summed E-state index contributed by atoms with van der Waals surface area (Å²) in [5, 5.41) is 3.68. The molecular weight excluding hydrogens is 370 g/mol. The van der Waals surface area contributed by atoms with Crippen LogP contribution in [-0.2, 0) is 19.4 Å². The summed E-state index contributed by atoms with van der Waals surface area (Å²) in [5.74, 6) is -0.103. The van der Waals surface area contributed by atoms with Gasteiger partial charge in [0.2, 0.25) is 0 Å². The Kier molecular flexibility index (Phi) is 5.58. The van der Waals surface area contributed by atoms with Crippen LogP contribution in [-0.4, -0.2) is 24.0 Å². The summed E-state index contributed by atoms with van der Waals surface area (Å²) in [4.78, 5) is 19.1. The number of carbonyl (C=O) groups excluding carboxylic acids is 1. The van der Waals surface area contributed by atoms with Crippen molar-refractivity contribution < 1.29 is 4.79 Å². The number of carbonyl (C=O) groups is 1. The third-order valence-electron chi connectivity index (χ3n) is 5.07. The normalized spacial score (nSPS) is 13.1. The number of pyridine rings is 1. The molecule has 0 bridgehead atoms. The van der Waals surface area contributed by atoms with Crippen LogP contribution >= 0.6 is 11.6 Å². The molecule has 0 unspecified atom stereocenters. The van der Waals surface area contributed by atoms with Crippen LogP contribution in [0.15, 0.2) is 67.0 Å². The summed E-state index contributed by atoms with van der Waals surface area (Å²) in [6, 6.07) is 18.1.